The zero-order chi connectivity index (χ0) is 17.9. The molecule has 148 valence electrons. The van der Waals surface area contributed by atoms with Crippen molar-refractivity contribution in [2.75, 3.05) is 53.0 Å². The number of guanidine groups is 1. The molecule has 0 saturated carbocycles. The highest BCUT2D eigenvalue weighted by Gasteiger charge is 2.09. The van der Waals surface area contributed by atoms with E-state index < -0.39 is 0 Å². The van der Waals surface area contributed by atoms with Crippen LogP contribution < -0.4 is 15.4 Å². The second-order valence-corrected chi connectivity index (χ2v) is 6.29. The number of aryl methyl sites for hydroxylation is 1. The lowest BCUT2D eigenvalue weighted by Crippen LogP contribution is -2.40. The molecule has 6 nitrogen and oxygen atoms in total. The van der Waals surface area contributed by atoms with E-state index in [-0.39, 0.29) is 24.0 Å². The third kappa shape index (κ3) is 8.55. The summed E-state index contributed by atoms with van der Waals surface area (Å²) in [5.41, 5.74) is 2.34. The topological polar surface area (TPSA) is 58.1 Å². The van der Waals surface area contributed by atoms with Crippen LogP contribution in [0.1, 0.15) is 24.5 Å². The quantitative estimate of drug-likeness (QED) is 0.261. The third-order valence-electron chi connectivity index (χ3n) is 4.16. The first-order valence-corrected chi connectivity index (χ1v) is 9.18. The Kier molecular flexibility index (Phi) is 11.6. The van der Waals surface area contributed by atoms with Gasteiger partial charge in [0.05, 0.1) is 26.9 Å². The Morgan fingerprint density at radius 2 is 2.00 bits per heavy atom. The largest absolute Gasteiger partial charge is 0.497 e. The molecule has 1 heterocycles. The van der Waals surface area contributed by atoms with Crippen molar-refractivity contribution in [3.8, 4) is 5.75 Å². The number of halogens is 1. The van der Waals surface area contributed by atoms with Crippen LogP contribution in [-0.2, 0) is 11.3 Å². The fourth-order valence-corrected chi connectivity index (χ4v) is 2.88. The van der Waals surface area contributed by atoms with Crippen LogP contribution in [0, 0.1) is 6.92 Å². The highest BCUT2D eigenvalue weighted by atomic mass is 127. The Morgan fingerprint density at radius 3 is 2.69 bits per heavy atom. The van der Waals surface area contributed by atoms with Gasteiger partial charge in [-0.05, 0) is 50.1 Å². The van der Waals surface area contributed by atoms with Gasteiger partial charge in [-0.15, -0.1) is 24.0 Å². The van der Waals surface area contributed by atoms with E-state index in [1.165, 1.54) is 5.56 Å². The lowest BCUT2D eigenvalue weighted by molar-refractivity contribution is 0.0376. The van der Waals surface area contributed by atoms with Crippen LogP contribution in [0.3, 0.4) is 0 Å². The minimum atomic E-state index is 0. The van der Waals surface area contributed by atoms with Gasteiger partial charge in [0.2, 0.25) is 0 Å². The van der Waals surface area contributed by atoms with Crippen LogP contribution >= 0.6 is 24.0 Å². The van der Waals surface area contributed by atoms with Crippen LogP contribution in [0.4, 0.5) is 0 Å². The summed E-state index contributed by atoms with van der Waals surface area (Å²) in [6.45, 7) is 11.5. The zero-order valence-corrected chi connectivity index (χ0v) is 18.5. The predicted octanol–water partition coefficient (Wildman–Crippen LogP) is 2.40. The van der Waals surface area contributed by atoms with Crippen LogP contribution in [-0.4, -0.2) is 63.9 Å². The predicted molar refractivity (Wildman–Crippen MR) is 118 cm³/mol. The molecule has 0 atom stereocenters. The van der Waals surface area contributed by atoms with E-state index >= 15 is 0 Å². The number of hydrogen-bond acceptors (Lipinski definition) is 4. The minimum Gasteiger partial charge on any atom is -0.497 e. The molecule has 0 aromatic heterocycles. The number of nitrogens with one attached hydrogen (secondary N) is 2. The molecule has 1 fully saturated rings. The van der Waals surface area contributed by atoms with Gasteiger partial charge in [-0.1, -0.05) is 6.07 Å². The standard InChI is InChI=1S/C19H32N4O2.HI/c1-4-20-19(21-6-5-7-23-8-10-25-11-9-23)22-15-17-12-16(2)13-18(14-17)24-3;/h12-14H,4-11,15H2,1-3H3,(H2,20,21,22);1H. The molecular weight excluding hydrogens is 443 g/mol. The highest BCUT2D eigenvalue weighted by molar-refractivity contribution is 14.0. The maximum Gasteiger partial charge on any atom is 0.191 e. The van der Waals surface area contributed by atoms with Crippen molar-refractivity contribution in [2.45, 2.75) is 26.8 Å². The molecule has 1 aliphatic heterocycles. The monoisotopic (exact) mass is 476 g/mol. The average Bonchev–Trinajstić information content (AvgIpc) is 2.63. The van der Waals surface area contributed by atoms with Gasteiger partial charge in [0, 0.05) is 26.2 Å². The van der Waals surface area contributed by atoms with Crippen molar-refractivity contribution in [1.29, 1.82) is 0 Å². The third-order valence-corrected chi connectivity index (χ3v) is 4.16. The number of benzene rings is 1. The Morgan fingerprint density at radius 1 is 1.23 bits per heavy atom. The van der Waals surface area contributed by atoms with Gasteiger partial charge in [-0.3, -0.25) is 4.90 Å². The lowest BCUT2D eigenvalue weighted by Gasteiger charge is -2.26. The molecule has 0 aliphatic carbocycles. The van der Waals surface area contributed by atoms with E-state index in [0.717, 1.165) is 69.6 Å². The first-order valence-electron chi connectivity index (χ1n) is 9.18. The highest BCUT2D eigenvalue weighted by Crippen LogP contribution is 2.16. The van der Waals surface area contributed by atoms with Crippen molar-refractivity contribution in [3.63, 3.8) is 0 Å². The second kappa shape index (κ2) is 13.2. The molecule has 1 saturated heterocycles. The molecule has 0 radical (unpaired) electrons. The van der Waals surface area contributed by atoms with Gasteiger partial charge in [-0.25, -0.2) is 4.99 Å². The van der Waals surface area contributed by atoms with E-state index in [9.17, 15) is 0 Å². The van der Waals surface area contributed by atoms with Gasteiger partial charge >= 0.3 is 0 Å². The SMILES string of the molecule is CCNC(=NCc1cc(C)cc(OC)c1)NCCCN1CCOCC1.I. The van der Waals surface area contributed by atoms with Crippen molar-refractivity contribution in [1.82, 2.24) is 15.5 Å². The molecular formula is C19H33IN4O2. The summed E-state index contributed by atoms with van der Waals surface area (Å²) in [6.07, 6.45) is 1.10. The maximum absolute atomic E-state index is 5.38. The first kappa shape index (κ1) is 23.0. The van der Waals surface area contributed by atoms with Gasteiger partial charge in [0.15, 0.2) is 5.96 Å². The molecule has 0 spiro atoms. The molecule has 2 rings (SSSR count). The fourth-order valence-electron chi connectivity index (χ4n) is 2.88. The van der Waals surface area contributed by atoms with E-state index in [2.05, 4.69) is 40.4 Å². The van der Waals surface area contributed by atoms with Gasteiger partial charge < -0.3 is 20.1 Å². The van der Waals surface area contributed by atoms with E-state index in [1.54, 1.807) is 7.11 Å². The number of morpholine rings is 1. The molecule has 1 aromatic carbocycles. The lowest BCUT2D eigenvalue weighted by atomic mass is 10.1. The zero-order valence-electron chi connectivity index (χ0n) is 16.2. The number of aliphatic imine (C=N–C) groups is 1. The van der Waals surface area contributed by atoms with E-state index in [0.29, 0.717) is 6.54 Å². The van der Waals surface area contributed by atoms with Gasteiger partial charge in [0.25, 0.3) is 0 Å². The number of rotatable bonds is 8. The summed E-state index contributed by atoms with van der Waals surface area (Å²) in [7, 11) is 1.70. The van der Waals surface area contributed by atoms with Gasteiger partial charge in [-0.2, -0.15) is 0 Å². The molecule has 0 bridgehead atoms. The number of nitrogens with zero attached hydrogens (tertiary/aromatic N) is 2. The molecule has 0 amide bonds. The molecule has 0 unspecified atom stereocenters. The molecule has 2 N–H and O–H groups in total. The minimum absolute atomic E-state index is 0. The van der Waals surface area contributed by atoms with E-state index in [1.807, 2.05) is 12.1 Å². The van der Waals surface area contributed by atoms with Crippen LogP contribution in [0.5, 0.6) is 5.75 Å². The maximum atomic E-state index is 5.38. The van der Waals surface area contributed by atoms with Crippen LogP contribution in [0.25, 0.3) is 0 Å². The van der Waals surface area contributed by atoms with E-state index in [4.69, 9.17) is 9.47 Å². The van der Waals surface area contributed by atoms with Gasteiger partial charge in [0.1, 0.15) is 5.75 Å². The normalized spacial score (nSPS) is 15.3. The summed E-state index contributed by atoms with van der Waals surface area (Å²) in [4.78, 5) is 7.14. The molecule has 26 heavy (non-hydrogen) atoms. The summed E-state index contributed by atoms with van der Waals surface area (Å²) in [6, 6.07) is 6.22. The number of methoxy groups -OCH3 is 1. The second-order valence-electron chi connectivity index (χ2n) is 6.29. The Balaban J connectivity index is 0.00000338. The summed E-state index contributed by atoms with van der Waals surface area (Å²) in [5, 5.41) is 6.73. The number of ether oxygens (including phenoxy) is 2. The summed E-state index contributed by atoms with van der Waals surface area (Å²) >= 11 is 0. The van der Waals surface area contributed by atoms with Crippen LogP contribution in [0.15, 0.2) is 23.2 Å². The average molecular weight is 476 g/mol. The Labute approximate surface area is 174 Å². The van der Waals surface area contributed by atoms with Crippen molar-refractivity contribution < 1.29 is 9.47 Å². The summed E-state index contributed by atoms with van der Waals surface area (Å²) < 4.78 is 10.7. The Bertz CT molecular complexity index is 548. The molecule has 1 aromatic rings. The smallest absolute Gasteiger partial charge is 0.191 e. The van der Waals surface area contributed by atoms with Crippen LogP contribution in [0.2, 0.25) is 0 Å². The molecule has 1 aliphatic rings. The Hall–Kier alpha value is -1.06. The fraction of sp³-hybridized carbons (Fsp3) is 0.632. The molecule has 7 heteroatoms. The van der Waals surface area contributed by atoms with Crippen molar-refractivity contribution in [3.05, 3.63) is 29.3 Å². The van der Waals surface area contributed by atoms with Crippen molar-refractivity contribution in [2.24, 2.45) is 4.99 Å². The van der Waals surface area contributed by atoms with Crippen molar-refractivity contribution >= 4 is 29.9 Å². The number of hydrogen-bond donors (Lipinski definition) is 2. The summed E-state index contributed by atoms with van der Waals surface area (Å²) in [5.74, 6) is 1.75. The first-order chi connectivity index (χ1) is 12.2.